The molecule has 114 valence electrons. The molecular formula is C15H17N5O2. The van der Waals surface area contributed by atoms with Crippen LogP contribution < -0.4 is 20.7 Å². The molecule has 1 aromatic heterocycles. The molecule has 0 spiro atoms. The van der Waals surface area contributed by atoms with Gasteiger partial charge in [0, 0.05) is 0 Å². The van der Waals surface area contributed by atoms with E-state index in [1.54, 1.807) is 7.11 Å². The van der Waals surface area contributed by atoms with Crippen LogP contribution in [0.2, 0.25) is 0 Å². The van der Waals surface area contributed by atoms with Crippen molar-refractivity contribution >= 4 is 23.2 Å². The Balaban J connectivity index is 1.81. The summed E-state index contributed by atoms with van der Waals surface area (Å²) in [5.74, 6) is 1.92. The summed E-state index contributed by atoms with van der Waals surface area (Å²) in [5, 5.41) is 9.05. The molecule has 1 aliphatic rings. The van der Waals surface area contributed by atoms with E-state index in [1.807, 2.05) is 31.2 Å². The Labute approximate surface area is 128 Å². The highest BCUT2D eigenvalue weighted by Gasteiger charge is 2.20. The van der Waals surface area contributed by atoms with Crippen LogP contribution in [0.5, 0.6) is 5.75 Å². The zero-order chi connectivity index (χ0) is 15.5. The van der Waals surface area contributed by atoms with E-state index >= 15 is 0 Å². The Morgan fingerprint density at radius 1 is 1.27 bits per heavy atom. The first-order valence-corrected chi connectivity index (χ1v) is 6.96. The molecule has 0 fully saturated rings. The van der Waals surface area contributed by atoms with Gasteiger partial charge in [-0.3, -0.25) is 4.79 Å². The Bertz CT molecular complexity index is 687. The average molecular weight is 299 g/mol. The van der Waals surface area contributed by atoms with Gasteiger partial charge in [0.2, 0.25) is 5.91 Å². The fraction of sp³-hybridized carbons (Fsp3) is 0.267. The number of hydrogen-bond acceptors (Lipinski definition) is 6. The van der Waals surface area contributed by atoms with Crippen LogP contribution in [-0.2, 0) is 4.79 Å². The van der Waals surface area contributed by atoms with Gasteiger partial charge in [-0.25, -0.2) is 9.97 Å². The molecule has 0 aliphatic carbocycles. The predicted octanol–water partition coefficient (Wildman–Crippen LogP) is 2.02. The molecule has 0 saturated carbocycles. The van der Waals surface area contributed by atoms with E-state index in [9.17, 15) is 4.79 Å². The molecule has 22 heavy (non-hydrogen) atoms. The monoisotopic (exact) mass is 299 g/mol. The summed E-state index contributed by atoms with van der Waals surface area (Å²) in [6, 6.07) is 7.81. The molecule has 2 aromatic rings. The Morgan fingerprint density at radius 2 is 2.05 bits per heavy atom. The van der Waals surface area contributed by atoms with Crippen LogP contribution >= 0.6 is 0 Å². The van der Waals surface area contributed by atoms with Gasteiger partial charge in [-0.15, -0.1) is 0 Å². The third kappa shape index (κ3) is 2.78. The second-order valence-corrected chi connectivity index (χ2v) is 4.99. The van der Waals surface area contributed by atoms with Gasteiger partial charge in [-0.1, -0.05) is 12.1 Å². The van der Waals surface area contributed by atoms with Gasteiger partial charge in [-0.2, -0.15) is 0 Å². The van der Waals surface area contributed by atoms with Crippen molar-refractivity contribution in [2.75, 3.05) is 29.6 Å². The zero-order valence-electron chi connectivity index (χ0n) is 12.4. The van der Waals surface area contributed by atoms with E-state index in [-0.39, 0.29) is 18.5 Å². The lowest BCUT2D eigenvalue weighted by Gasteiger charge is -2.22. The molecule has 1 aromatic carbocycles. The number of rotatable bonds is 4. The minimum Gasteiger partial charge on any atom is -0.497 e. The maximum Gasteiger partial charge on any atom is 0.243 e. The van der Waals surface area contributed by atoms with Gasteiger partial charge in [0.15, 0.2) is 11.6 Å². The Morgan fingerprint density at radius 3 is 2.77 bits per heavy atom. The van der Waals surface area contributed by atoms with Crippen molar-refractivity contribution in [2.24, 2.45) is 0 Å². The second kappa shape index (κ2) is 5.88. The number of aromatic nitrogens is 2. The number of carbonyl (C=O) groups is 1. The van der Waals surface area contributed by atoms with E-state index in [0.29, 0.717) is 17.3 Å². The fourth-order valence-corrected chi connectivity index (χ4v) is 2.28. The van der Waals surface area contributed by atoms with Gasteiger partial charge in [0.1, 0.15) is 17.8 Å². The van der Waals surface area contributed by atoms with Gasteiger partial charge in [-0.05, 0) is 24.6 Å². The number of benzene rings is 1. The minimum atomic E-state index is -0.109. The second-order valence-electron chi connectivity index (χ2n) is 4.99. The number of nitrogens with zero attached hydrogens (tertiary/aromatic N) is 2. The molecule has 2 heterocycles. The SMILES string of the molecule is COc1ccc([C@@H](C)Nc2ncnc3c2NC(=O)CN3)cc1. The lowest BCUT2D eigenvalue weighted by Crippen LogP contribution is -2.29. The van der Waals surface area contributed by atoms with E-state index in [0.717, 1.165) is 11.3 Å². The van der Waals surface area contributed by atoms with Gasteiger partial charge < -0.3 is 20.7 Å². The first kappa shape index (κ1) is 14.1. The number of hydrogen-bond donors (Lipinski definition) is 3. The van der Waals surface area contributed by atoms with Crippen molar-refractivity contribution in [3.63, 3.8) is 0 Å². The van der Waals surface area contributed by atoms with Crippen LogP contribution in [-0.4, -0.2) is 29.5 Å². The van der Waals surface area contributed by atoms with E-state index in [4.69, 9.17) is 4.74 Å². The number of nitrogens with one attached hydrogen (secondary N) is 3. The maximum absolute atomic E-state index is 11.5. The van der Waals surface area contributed by atoms with Crippen LogP contribution in [0.25, 0.3) is 0 Å². The third-order valence-corrected chi connectivity index (χ3v) is 3.50. The summed E-state index contributed by atoms with van der Waals surface area (Å²) < 4.78 is 5.16. The maximum atomic E-state index is 11.5. The Hall–Kier alpha value is -2.83. The first-order chi connectivity index (χ1) is 10.7. The molecule has 3 rings (SSSR count). The standard InChI is InChI=1S/C15H17N5O2/c1-9(10-3-5-11(22-2)6-4-10)19-15-13-14(17-8-18-15)16-7-12(21)20-13/h3-6,8-9H,7H2,1-2H3,(H,20,21)(H2,16,17,18,19)/t9-/m1/s1. The van der Waals surface area contributed by atoms with Crippen LogP contribution in [0.4, 0.5) is 17.3 Å². The van der Waals surface area contributed by atoms with E-state index in [1.165, 1.54) is 6.33 Å². The summed E-state index contributed by atoms with van der Waals surface area (Å²) >= 11 is 0. The number of carbonyl (C=O) groups excluding carboxylic acids is 1. The molecule has 7 nitrogen and oxygen atoms in total. The summed E-state index contributed by atoms with van der Waals surface area (Å²) in [6.45, 7) is 2.24. The van der Waals surface area contributed by atoms with E-state index in [2.05, 4.69) is 25.9 Å². The average Bonchev–Trinajstić information content (AvgIpc) is 2.55. The third-order valence-electron chi connectivity index (χ3n) is 3.50. The Kier molecular flexibility index (Phi) is 3.78. The molecule has 0 radical (unpaired) electrons. The highest BCUT2D eigenvalue weighted by atomic mass is 16.5. The van der Waals surface area contributed by atoms with Gasteiger partial charge in [0.25, 0.3) is 0 Å². The summed E-state index contributed by atoms with van der Waals surface area (Å²) in [6.07, 6.45) is 1.46. The predicted molar refractivity (Wildman–Crippen MR) is 84.2 cm³/mol. The highest BCUT2D eigenvalue weighted by Crippen LogP contribution is 2.31. The lowest BCUT2D eigenvalue weighted by molar-refractivity contribution is -0.114. The van der Waals surface area contributed by atoms with E-state index < -0.39 is 0 Å². The number of ether oxygens (including phenoxy) is 1. The van der Waals surface area contributed by atoms with Crippen molar-refractivity contribution in [1.82, 2.24) is 9.97 Å². The number of fused-ring (bicyclic) bond motifs is 1. The zero-order valence-corrected chi connectivity index (χ0v) is 12.4. The normalized spacial score (nSPS) is 14.4. The molecule has 1 aliphatic heterocycles. The number of methoxy groups -OCH3 is 1. The van der Waals surface area contributed by atoms with Crippen molar-refractivity contribution in [3.05, 3.63) is 36.2 Å². The fourth-order valence-electron chi connectivity index (χ4n) is 2.28. The molecule has 7 heteroatoms. The molecule has 1 atom stereocenters. The van der Waals surface area contributed by atoms with Crippen molar-refractivity contribution in [2.45, 2.75) is 13.0 Å². The van der Waals surface area contributed by atoms with Crippen LogP contribution in [0.3, 0.4) is 0 Å². The molecule has 0 unspecified atom stereocenters. The number of anilines is 3. The topological polar surface area (TPSA) is 88.2 Å². The largest absolute Gasteiger partial charge is 0.497 e. The van der Waals surface area contributed by atoms with Crippen molar-refractivity contribution in [3.8, 4) is 5.75 Å². The molecule has 3 N–H and O–H groups in total. The highest BCUT2D eigenvalue weighted by molar-refractivity contribution is 6.02. The summed E-state index contributed by atoms with van der Waals surface area (Å²) in [7, 11) is 1.64. The van der Waals surface area contributed by atoms with Crippen LogP contribution in [0.15, 0.2) is 30.6 Å². The minimum absolute atomic E-state index is 0.0173. The smallest absolute Gasteiger partial charge is 0.243 e. The van der Waals surface area contributed by atoms with Crippen molar-refractivity contribution < 1.29 is 9.53 Å². The summed E-state index contributed by atoms with van der Waals surface area (Å²) in [5.41, 5.74) is 1.67. The first-order valence-electron chi connectivity index (χ1n) is 6.96. The van der Waals surface area contributed by atoms with Crippen LogP contribution in [0.1, 0.15) is 18.5 Å². The quantitative estimate of drug-likeness (QED) is 0.800. The number of amides is 1. The van der Waals surface area contributed by atoms with Gasteiger partial charge in [0.05, 0.1) is 19.7 Å². The van der Waals surface area contributed by atoms with Crippen molar-refractivity contribution in [1.29, 1.82) is 0 Å². The molecule has 1 amide bonds. The van der Waals surface area contributed by atoms with Crippen LogP contribution in [0, 0.1) is 0 Å². The summed E-state index contributed by atoms with van der Waals surface area (Å²) in [4.78, 5) is 19.9. The molecule has 0 saturated heterocycles. The lowest BCUT2D eigenvalue weighted by atomic mass is 10.1. The van der Waals surface area contributed by atoms with Gasteiger partial charge >= 0.3 is 0 Å². The molecular weight excluding hydrogens is 282 g/mol. The molecule has 0 bridgehead atoms.